The number of nitrogens with one attached hydrogen (secondary N) is 3. The van der Waals surface area contributed by atoms with Gasteiger partial charge >= 0.3 is 12.2 Å². The molecule has 5 amide bonds. The minimum atomic E-state index is -4.02. The lowest BCUT2D eigenvalue weighted by Crippen LogP contribution is -2.60. The number of likely N-dealkylation sites (tertiary alicyclic amines) is 1. The predicted molar refractivity (Wildman–Crippen MR) is 199 cm³/mol. The topological polar surface area (TPSA) is 181 Å². The molecule has 14 nitrogen and oxygen atoms in total. The highest BCUT2D eigenvalue weighted by Gasteiger charge is 2.64. The third-order valence-corrected chi connectivity index (χ3v) is 13.5. The van der Waals surface area contributed by atoms with Crippen LogP contribution in [0, 0.1) is 17.3 Å². The van der Waals surface area contributed by atoms with E-state index in [1.807, 2.05) is 24.3 Å². The Morgan fingerprint density at radius 1 is 1.04 bits per heavy atom. The van der Waals surface area contributed by atoms with Gasteiger partial charge in [0.25, 0.3) is 5.91 Å². The van der Waals surface area contributed by atoms with Gasteiger partial charge in [-0.05, 0) is 75.3 Å². The van der Waals surface area contributed by atoms with Gasteiger partial charge in [-0.25, -0.2) is 18.0 Å². The Labute approximate surface area is 318 Å². The van der Waals surface area contributed by atoms with Crippen molar-refractivity contribution >= 4 is 39.9 Å². The smallest absolute Gasteiger partial charge is 0.410 e. The summed E-state index contributed by atoms with van der Waals surface area (Å²) in [6, 6.07) is 5.47. The Kier molecular flexibility index (Phi) is 10.4. The molecule has 296 valence electrons. The molecule has 6 rings (SSSR count). The van der Waals surface area contributed by atoms with Crippen LogP contribution in [0.4, 0.5) is 9.59 Å². The summed E-state index contributed by atoms with van der Waals surface area (Å²) < 4.78 is 39.7. The van der Waals surface area contributed by atoms with E-state index in [4.69, 9.17) is 9.47 Å². The van der Waals surface area contributed by atoms with Crippen LogP contribution in [0.3, 0.4) is 0 Å². The monoisotopic (exact) mass is 769 g/mol. The van der Waals surface area contributed by atoms with Gasteiger partial charge in [-0.15, -0.1) is 6.58 Å². The van der Waals surface area contributed by atoms with E-state index in [0.29, 0.717) is 44.7 Å². The molecular formula is C39H55N5O9S. The van der Waals surface area contributed by atoms with Crippen LogP contribution < -0.4 is 15.4 Å². The molecular weight excluding hydrogens is 715 g/mol. The zero-order valence-corrected chi connectivity index (χ0v) is 33.1. The molecule has 15 heteroatoms. The lowest BCUT2D eigenvalue weighted by atomic mass is 9.85. The fourth-order valence-electron chi connectivity index (χ4n) is 7.71. The second-order valence-electron chi connectivity index (χ2n) is 17.9. The van der Waals surface area contributed by atoms with Gasteiger partial charge in [-0.3, -0.25) is 19.1 Å². The maximum Gasteiger partial charge on any atom is 0.410 e. The highest BCUT2D eigenvalue weighted by Crippen LogP contribution is 2.53. The van der Waals surface area contributed by atoms with E-state index < -0.39 is 85.3 Å². The van der Waals surface area contributed by atoms with Crippen molar-refractivity contribution in [2.24, 2.45) is 17.3 Å². The molecule has 3 saturated carbocycles. The third-order valence-electron chi connectivity index (χ3n) is 11.3. The largest absolute Gasteiger partial charge is 0.444 e. The van der Waals surface area contributed by atoms with E-state index in [0.717, 1.165) is 24.0 Å². The highest BCUT2D eigenvalue weighted by molar-refractivity contribution is 7.91. The second kappa shape index (κ2) is 14.2. The molecule has 5 atom stereocenters. The number of fused-ring (bicyclic) bond motifs is 1. The van der Waals surface area contributed by atoms with Crippen LogP contribution in [0.15, 0.2) is 36.9 Å². The van der Waals surface area contributed by atoms with Gasteiger partial charge in [-0.1, -0.05) is 64.0 Å². The molecule has 5 aliphatic rings. The summed E-state index contributed by atoms with van der Waals surface area (Å²) >= 11 is 0. The molecule has 4 fully saturated rings. The summed E-state index contributed by atoms with van der Waals surface area (Å²) in [7, 11) is -4.02. The van der Waals surface area contributed by atoms with E-state index in [9.17, 15) is 32.4 Å². The fraction of sp³-hybridized carbons (Fsp3) is 0.667. The van der Waals surface area contributed by atoms with Gasteiger partial charge in [-0.2, -0.15) is 0 Å². The van der Waals surface area contributed by atoms with Crippen molar-refractivity contribution in [1.82, 2.24) is 25.2 Å². The first-order valence-electron chi connectivity index (χ1n) is 19.0. The van der Waals surface area contributed by atoms with E-state index in [1.165, 1.54) is 11.0 Å². The second-order valence-corrected chi connectivity index (χ2v) is 20.0. The maximum absolute atomic E-state index is 14.5. The van der Waals surface area contributed by atoms with E-state index >= 15 is 0 Å². The molecule has 1 aromatic rings. The molecule has 2 aliphatic heterocycles. The van der Waals surface area contributed by atoms with Crippen molar-refractivity contribution in [2.75, 3.05) is 13.1 Å². The number of sulfonamides is 1. The van der Waals surface area contributed by atoms with Crippen LogP contribution >= 0.6 is 0 Å². The van der Waals surface area contributed by atoms with Crippen molar-refractivity contribution < 1.29 is 41.9 Å². The van der Waals surface area contributed by atoms with Crippen molar-refractivity contribution in [3.05, 3.63) is 48.0 Å². The van der Waals surface area contributed by atoms with Gasteiger partial charge in [0.2, 0.25) is 21.8 Å². The zero-order chi connectivity index (χ0) is 39.4. The number of amides is 5. The quantitative estimate of drug-likeness (QED) is 0.281. The van der Waals surface area contributed by atoms with Gasteiger partial charge < -0.3 is 29.9 Å². The van der Waals surface area contributed by atoms with Crippen molar-refractivity contribution in [3.8, 4) is 0 Å². The summed E-state index contributed by atoms with van der Waals surface area (Å²) in [5, 5.41) is 5.48. The van der Waals surface area contributed by atoms with E-state index in [2.05, 4.69) is 21.9 Å². The number of hydrogen-bond donors (Lipinski definition) is 3. The molecule has 3 aliphatic carbocycles. The third kappa shape index (κ3) is 8.40. The van der Waals surface area contributed by atoms with Crippen LogP contribution in [-0.4, -0.2) is 95.3 Å². The van der Waals surface area contributed by atoms with Crippen LogP contribution in [-0.2, 0) is 46.8 Å². The summed E-state index contributed by atoms with van der Waals surface area (Å²) in [6.45, 7) is 14.8. The summed E-state index contributed by atoms with van der Waals surface area (Å²) in [5.41, 5.74) is -1.12. The number of alkyl carbamates (subject to hydrolysis) is 1. The number of hydrogen-bond acceptors (Lipinski definition) is 9. The Bertz CT molecular complexity index is 1810. The average molecular weight is 770 g/mol. The number of nitrogens with zero attached hydrogens (tertiary/aromatic N) is 2. The first-order chi connectivity index (χ1) is 25.2. The van der Waals surface area contributed by atoms with Gasteiger partial charge in [0.05, 0.1) is 11.3 Å². The van der Waals surface area contributed by atoms with E-state index in [1.54, 1.807) is 46.4 Å². The molecule has 1 aromatic carbocycles. The summed E-state index contributed by atoms with van der Waals surface area (Å²) in [6.07, 6.45) is 3.32. The molecule has 0 spiro atoms. The lowest BCUT2D eigenvalue weighted by Gasteiger charge is -2.36. The van der Waals surface area contributed by atoms with Crippen LogP contribution in [0.5, 0.6) is 0 Å². The Hall–Kier alpha value is -4.14. The standard InChI is InChI=1S/C39H55N5O9S/c1-8-27-21-39(27,33(47)42-54(50,51)38(16-17-38)20-24-13-14-24)41-31(45)29-19-28(52-35(49)43-18-15-25-11-9-10-12-26(25)22-43)23-44(29)32(46)30(36(2,3)4)40-34(48)53-37(5,6)7/h8-12,24,27-30H,1,13-23H2,2-7H3,(H,40,48)(H,41,45)(H,42,47). The van der Waals surface area contributed by atoms with Crippen molar-refractivity contribution in [2.45, 2.75) is 134 Å². The van der Waals surface area contributed by atoms with Crippen LogP contribution in [0.1, 0.15) is 97.6 Å². The zero-order valence-electron chi connectivity index (χ0n) is 32.2. The normalized spacial score (nSPS) is 26.4. The molecule has 2 heterocycles. The van der Waals surface area contributed by atoms with Gasteiger partial charge in [0.15, 0.2) is 0 Å². The van der Waals surface area contributed by atoms with Crippen molar-refractivity contribution in [1.29, 1.82) is 0 Å². The maximum atomic E-state index is 14.5. The lowest BCUT2D eigenvalue weighted by molar-refractivity contribution is -0.143. The number of carbonyl (C=O) groups excluding carboxylic acids is 5. The molecule has 0 aromatic heterocycles. The first kappa shape index (κ1) is 39.6. The van der Waals surface area contributed by atoms with Crippen LogP contribution in [0.2, 0.25) is 0 Å². The molecule has 0 bridgehead atoms. The number of ether oxygens (including phenoxy) is 2. The molecule has 54 heavy (non-hydrogen) atoms. The van der Waals surface area contributed by atoms with Gasteiger partial charge in [0, 0.05) is 25.4 Å². The Morgan fingerprint density at radius 3 is 2.28 bits per heavy atom. The van der Waals surface area contributed by atoms with Crippen LogP contribution in [0.25, 0.3) is 0 Å². The Balaban J connectivity index is 1.22. The molecule has 1 saturated heterocycles. The molecule has 0 radical (unpaired) electrons. The average Bonchev–Trinajstić information content (AvgIpc) is 4.02. The number of carbonyl (C=O) groups is 5. The van der Waals surface area contributed by atoms with Gasteiger partial charge in [0.1, 0.15) is 29.3 Å². The first-order valence-corrected chi connectivity index (χ1v) is 20.5. The number of benzene rings is 1. The minimum Gasteiger partial charge on any atom is -0.444 e. The van der Waals surface area contributed by atoms with Crippen molar-refractivity contribution in [3.63, 3.8) is 0 Å². The predicted octanol–water partition coefficient (Wildman–Crippen LogP) is 3.93. The Morgan fingerprint density at radius 2 is 1.70 bits per heavy atom. The SMILES string of the molecule is C=CC1CC1(NC(=O)C1CC(OC(=O)N2CCc3ccccc3C2)CN1C(=O)C(NC(=O)OC(C)(C)C)C(C)(C)C)C(=O)NS(=O)(=O)C1(CC2CC2)CC1. The molecule has 5 unspecified atom stereocenters. The number of rotatable bonds is 11. The highest BCUT2D eigenvalue weighted by atomic mass is 32.2. The summed E-state index contributed by atoms with van der Waals surface area (Å²) in [5.74, 6) is -2.37. The summed E-state index contributed by atoms with van der Waals surface area (Å²) in [4.78, 5) is 71.9. The minimum absolute atomic E-state index is 0.0870. The molecule has 3 N–H and O–H groups in total. The van der Waals surface area contributed by atoms with E-state index in [-0.39, 0.29) is 19.4 Å². The fourth-order valence-corrected chi connectivity index (χ4v) is 9.45.